The fraction of sp³-hybridized carbons (Fsp3) is 0.280. The number of ether oxygens (including phenoxy) is 1. The van der Waals surface area contributed by atoms with Crippen molar-refractivity contribution in [3.63, 3.8) is 0 Å². The number of nitrogens with one attached hydrogen (secondary N) is 1. The van der Waals surface area contributed by atoms with Crippen molar-refractivity contribution in [1.29, 1.82) is 0 Å². The summed E-state index contributed by atoms with van der Waals surface area (Å²) in [6, 6.07) is 15.2. The molecule has 0 aliphatic heterocycles. The summed E-state index contributed by atoms with van der Waals surface area (Å²) in [6.45, 7) is 3.35. The van der Waals surface area contributed by atoms with Crippen LogP contribution >= 0.6 is 0 Å². The van der Waals surface area contributed by atoms with Crippen LogP contribution in [0, 0.1) is 6.92 Å². The van der Waals surface area contributed by atoms with Crippen molar-refractivity contribution in [2.45, 2.75) is 26.3 Å². The van der Waals surface area contributed by atoms with E-state index in [-0.39, 0.29) is 22.8 Å². The first-order chi connectivity index (χ1) is 16.0. The van der Waals surface area contributed by atoms with Gasteiger partial charge in [0, 0.05) is 38.4 Å². The number of rotatable bonds is 8. The number of aryl methyl sites for hydroxylation is 2. The summed E-state index contributed by atoms with van der Waals surface area (Å²) in [6.07, 6.45) is 3.04. The molecule has 0 fully saturated rings. The molecule has 0 atom stereocenters. The van der Waals surface area contributed by atoms with E-state index in [4.69, 9.17) is 15.5 Å². The van der Waals surface area contributed by atoms with Crippen LogP contribution in [-0.2, 0) is 17.7 Å². The number of nitrogens with zero attached hydrogens (tertiary/aromatic N) is 3. The van der Waals surface area contributed by atoms with Gasteiger partial charge in [0.05, 0.1) is 6.54 Å². The number of nitrogens with two attached hydrogens (primary N) is 1. The van der Waals surface area contributed by atoms with Gasteiger partial charge in [-0.05, 0) is 31.0 Å². The molecule has 0 aliphatic carbocycles. The average molecular weight is 447 g/mol. The fourth-order valence-electron chi connectivity index (χ4n) is 3.95. The Labute approximate surface area is 191 Å². The van der Waals surface area contributed by atoms with E-state index in [2.05, 4.69) is 5.32 Å². The molecule has 170 valence electrons. The van der Waals surface area contributed by atoms with E-state index in [0.29, 0.717) is 49.2 Å². The third kappa shape index (κ3) is 4.56. The number of hydrogen-bond donors (Lipinski definition) is 2. The molecule has 3 heterocycles. The molecular weight excluding hydrogens is 418 g/mol. The second kappa shape index (κ2) is 9.79. The van der Waals surface area contributed by atoms with Crippen molar-refractivity contribution in [1.82, 2.24) is 14.7 Å². The van der Waals surface area contributed by atoms with Gasteiger partial charge in [0.2, 0.25) is 11.5 Å². The molecule has 0 bridgehead atoms. The van der Waals surface area contributed by atoms with Gasteiger partial charge in [0.15, 0.2) is 0 Å². The second-order valence-electron chi connectivity index (χ2n) is 7.97. The molecule has 0 aliphatic rings. The number of aromatic nitrogens is 3. The normalized spacial score (nSPS) is 11.2. The zero-order valence-corrected chi connectivity index (χ0v) is 18.9. The van der Waals surface area contributed by atoms with Gasteiger partial charge in [0.1, 0.15) is 10.9 Å². The largest absolute Gasteiger partial charge is 0.385 e. The molecule has 0 saturated carbocycles. The van der Waals surface area contributed by atoms with Gasteiger partial charge < -0.3 is 15.8 Å². The quantitative estimate of drug-likeness (QED) is 0.245. The van der Waals surface area contributed by atoms with Crippen molar-refractivity contribution in [3.05, 3.63) is 81.8 Å². The van der Waals surface area contributed by atoms with Gasteiger partial charge in [-0.15, -0.1) is 0 Å². The van der Waals surface area contributed by atoms with E-state index in [1.54, 1.807) is 30.0 Å². The van der Waals surface area contributed by atoms with Crippen molar-refractivity contribution < 1.29 is 14.1 Å². The Hall–Kier alpha value is -3.78. The van der Waals surface area contributed by atoms with Crippen LogP contribution in [0.5, 0.6) is 0 Å². The zero-order valence-electron chi connectivity index (χ0n) is 18.9. The SMILES string of the molecule is COCCC[n+]1c(N)c(C(=O)NCCc2ccccc2)cc2c(=O)n3cccc(C)c3nc21. The monoisotopic (exact) mass is 446 g/mol. The molecule has 0 unspecified atom stereocenters. The standard InChI is InChI=1S/C25H27N5O3/c1-17-8-6-13-30-22(17)28-23-20(25(30)32)16-19(21(26)29(23)14-7-15-33-2)24(31)27-12-11-18-9-4-3-5-10-18/h3-6,8-10,13,16,26H,7,11-12,14-15H2,1-2H3,(H,27,31)/p+1. The van der Waals surface area contributed by atoms with Crippen LogP contribution in [0.2, 0.25) is 0 Å². The molecule has 4 rings (SSSR count). The molecule has 0 radical (unpaired) electrons. The number of fused-ring (bicyclic) bond motifs is 2. The number of carbonyl (C=O) groups excluding carboxylic acids is 1. The maximum atomic E-state index is 13.3. The Bertz CT molecular complexity index is 1370. The number of pyridine rings is 2. The molecule has 3 N–H and O–H groups in total. The summed E-state index contributed by atoms with van der Waals surface area (Å²) in [7, 11) is 1.63. The highest BCUT2D eigenvalue weighted by Crippen LogP contribution is 2.16. The maximum absolute atomic E-state index is 13.3. The number of amides is 1. The van der Waals surface area contributed by atoms with Gasteiger partial charge in [-0.3, -0.25) is 14.0 Å². The summed E-state index contributed by atoms with van der Waals surface area (Å²) < 4.78 is 8.43. The average Bonchev–Trinajstić information content (AvgIpc) is 2.82. The highest BCUT2D eigenvalue weighted by Gasteiger charge is 2.24. The van der Waals surface area contributed by atoms with Crippen LogP contribution in [0.15, 0.2) is 59.5 Å². The summed E-state index contributed by atoms with van der Waals surface area (Å²) in [5, 5.41) is 3.27. The summed E-state index contributed by atoms with van der Waals surface area (Å²) in [5.74, 6) is -0.0415. The van der Waals surface area contributed by atoms with Crippen molar-refractivity contribution in [2.75, 3.05) is 26.0 Å². The van der Waals surface area contributed by atoms with Crippen molar-refractivity contribution >= 4 is 28.4 Å². The number of nitrogen functional groups attached to an aromatic ring is 1. The maximum Gasteiger partial charge on any atom is 0.278 e. The van der Waals surface area contributed by atoms with E-state index in [1.165, 1.54) is 4.40 Å². The lowest BCUT2D eigenvalue weighted by atomic mass is 10.1. The summed E-state index contributed by atoms with van der Waals surface area (Å²) in [4.78, 5) is 31.1. The lowest BCUT2D eigenvalue weighted by Gasteiger charge is -2.13. The van der Waals surface area contributed by atoms with Gasteiger partial charge in [-0.2, -0.15) is 0 Å². The predicted octanol–water partition coefficient (Wildman–Crippen LogP) is 2.03. The predicted molar refractivity (Wildman–Crippen MR) is 127 cm³/mol. The highest BCUT2D eigenvalue weighted by atomic mass is 16.5. The van der Waals surface area contributed by atoms with Gasteiger partial charge >= 0.3 is 0 Å². The van der Waals surface area contributed by atoms with E-state index < -0.39 is 0 Å². The number of anilines is 1. The Morgan fingerprint density at radius 3 is 2.76 bits per heavy atom. The topological polar surface area (TPSA) is 103 Å². The Kier molecular flexibility index (Phi) is 6.65. The molecule has 3 aromatic heterocycles. The highest BCUT2D eigenvalue weighted by molar-refractivity contribution is 6.00. The van der Waals surface area contributed by atoms with Crippen LogP contribution in [0.25, 0.3) is 16.7 Å². The van der Waals surface area contributed by atoms with Crippen molar-refractivity contribution in [3.8, 4) is 0 Å². The zero-order chi connectivity index (χ0) is 23.4. The minimum atomic E-state index is -0.320. The van der Waals surface area contributed by atoms with E-state index >= 15 is 0 Å². The summed E-state index contributed by atoms with van der Waals surface area (Å²) in [5.41, 5.74) is 9.52. The van der Waals surface area contributed by atoms with Crippen LogP contribution < -0.4 is 21.2 Å². The molecule has 8 heteroatoms. The van der Waals surface area contributed by atoms with Gasteiger partial charge in [-0.25, -0.2) is 4.57 Å². The molecule has 4 aromatic rings. The lowest BCUT2D eigenvalue weighted by molar-refractivity contribution is -0.659. The van der Waals surface area contributed by atoms with Crippen LogP contribution in [0.1, 0.15) is 27.9 Å². The lowest BCUT2D eigenvalue weighted by Crippen LogP contribution is -2.43. The van der Waals surface area contributed by atoms with E-state index in [1.807, 2.05) is 43.3 Å². The molecule has 8 nitrogen and oxygen atoms in total. The number of hydrogen-bond acceptors (Lipinski definition) is 5. The smallest absolute Gasteiger partial charge is 0.278 e. The molecular formula is C25H28N5O3+. The number of carbonyl (C=O) groups is 1. The van der Waals surface area contributed by atoms with E-state index in [0.717, 1.165) is 11.1 Å². The summed E-state index contributed by atoms with van der Waals surface area (Å²) >= 11 is 0. The first-order valence-corrected chi connectivity index (χ1v) is 11.0. The Balaban J connectivity index is 1.76. The molecule has 1 aromatic carbocycles. The number of benzene rings is 1. The first kappa shape index (κ1) is 22.4. The minimum absolute atomic E-state index is 0.238. The second-order valence-corrected chi connectivity index (χ2v) is 7.97. The van der Waals surface area contributed by atoms with Crippen LogP contribution in [0.4, 0.5) is 5.82 Å². The Morgan fingerprint density at radius 2 is 2.00 bits per heavy atom. The molecule has 1 amide bonds. The van der Waals surface area contributed by atoms with Crippen LogP contribution in [0.3, 0.4) is 0 Å². The van der Waals surface area contributed by atoms with Gasteiger partial charge in [-0.1, -0.05) is 41.4 Å². The van der Waals surface area contributed by atoms with Crippen molar-refractivity contribution in [2.24, 2.45) is 0 Å². The minimum Gasteiger partial charge on any atom is -0.385 e. The van der Waals surface area contributed by atoms with E-state index in [9.17, 15) is 9.59 Å². The fourth-order valence-corrected chi connectivity index (χ4v) is 3.95. The molecule has 33 heavy (non-hydrogen) atoms. The van der Waals surface area contributed by atoms with Gasteiger partial charge in [0.25, 0.3) is 17.1 Å². The van der Waals surface area contributed by atoms with Crippen LogP contribution in [-0.4, -0.2) is 35.6 Å². The molecule has 0 spiro atoms. The first-order valence-electron chi connectivity index (χ1n) is 11.0. The third-order valence-electron chi connectivity index (χ3n) is 5.69. The molecule has 0 saturated heterocycles. The Morgan fingerprint density at radius 1 is 1.21 bits per heavy atom. The number of methoxy groups -OCH3 is 1. The third-order valence-corrected chi connectivity index (χ3v) is 5.69.